The third-order valence-electron chi connectivity index (χ3n) is 3.37. The molecule has 23 heavy (non-hydrogen) atoms. The molecule has 5 nitrogen and oxygen atoms in total. The minimum Gasteiger partial charge on any atom is -0.376 e. The topological polar surface area (TPSA) is 81.0 Å². The van der Waals surface area contributed by atoms with E-state index in [0.29, 0.717) is 17.5 Å². The lowest BCUT2D eigenvalue weighted by molar-refractivity contribution is 0.207. The van der Waals surface area contributed by atoms with Crippen molar-refractivity contribution in [3.63, 3.8) is 0 Å². The van der Waals surface area contributed by atoms with E-state index in [2.05, 4.69) is 9.97 Å². The molecule has 0 aliphatic carbocycles. The lowest BCUT2D eigenvalue weighted by Gasteiger charge is -2.10. The van der Waals surface area contributed by atoms with Crippen molar-refractivity contribution >= 4 is 28.7 Å². The molecule has 0 saturated heterocycles. The second kappa shape index (κ2) is 6.26. The number of carbonyl (C=O) groups is 1. The maximum absolute atomic E-state index is 12.9. The number of primary amides is 1. The van der Waals surface area contributed by atoms with E-state index in [0.717, 1.165) is 11.1 Å². The summed E-state index contributed by atoms with van der Waals surface area (Å²) in [7, 11) is 0. The lowest BCUT2D eigenvalue weighted by Crippen LogP contribution is -2.16. The van der Waals surface area contributed by atoms with Gasteiger partial charge < -0.3 is 15.5 Å². The summed E-state index contributed by atoms with van der Waals surface area (Å²) in [4.78, 5) is 17.7. The number of H-pyrrole nitrogens is 1. The van der Waals surface area contributed by atoms with Gasteiger partial charge in [-0.3, -0.25) is 0 Å². The average Bonchev–Trinajstić information content (AvgIpc) is 2.88. The van der Waals surface area contributed by atoms with E-state index in [1.54, 1.807) is 18.2 Å². The predicted octanol–water partition coefficient (Wildman–Crippen LogP) is 3.68. The van der Waals surface area contributed by atoms with Crippen LogP contribution in [0.5, 0.6) is 6.01 Å². The molecular weight excluding hydrogens is 321 g/mol. The third-order valence-corrected chi connectivity index (χ3v) is 3.77. The van der Waals surface area contributed by atoms with Crippen LogP contribution in [0.3, 0.4) is 0 Å². The summed E-state index contributed by atoms with van der Waals surface area (Å²) in [6.07, 6.45) is -0.366. The Bertz CT molecular complexity index is 848. The second-order valence-electron chi connectivity index (χ2n) is 5.04. The molecule has 118 valence electrons. The molecule has 3 rings (SSSR count). The minimum absolute atomic E-state index is 0.0469. The van der Waals surface area contributed by atoms with Crippen LogP contribution in [-0.2, 0) is 6.42 Å². The van der Waals surface area contributed by atoms with Crippen LogP contribution in [0.25, 0.3) is 11.0 Å². The quantitative estimate of drug-likeness (QED) is 0.714. The van der Waals surface area contributed by atoms with E-state index >= 15 is 0 Å². The van der Waals surface area contributed by atoms with Gasteiger partial charge in [-0.15, -0.1) is 11.6 Å². The molecule has 2 aromatic carbocycles. The molecule has 0 fully saturated rings. The summed E-state index contributed by atoms with van der Waals surface area (Å²) in [5.41, 5.74) is 8.12. The van der Waals surface area contributed by atoms with E-state index in [-0.39, 0.29) is 17.2 Å². The smallest absolute Gasteiger partial charge is 0.376 e. The van der Waals surface area contributed by atoms with Crippen molar-refractivity contribution in [2.75, 3.05) is 0 Å². The van der Waals surface area contributed by atoms with Crippen molar-refractivity contribution in [3.8, 4) is 6.01 Å². The number of amides is 1. The van der Waals surface area contributed by atoms with Crippen molar-refractivity contribution < 1.29 is 13.9 Å². The number of nitrogens with one attached hydrogen (secondary N) is 1. The van der Waals surface area contributed by atoms with Crippen LogP contribution in [0, 0.1) is 5.82 Å². The van der Waals surface area contributed by atoms with E-state index in [4.69, 9.17) is 22.1 Å². The van der Waals surface area contributed by atoms with Crippen LogP contribution in [0.15, 0.2) is 42.5 Å². The van der Waals surface area contributed by atoms with Crippen LogP contribution >= 0.6 is 11.6 Å². The highest BCUT2D eigenvalue weighted by molar-refractivity contribution is 6.20. The molecule has 1 aromatic heterocycles. The fraction of sp³-hybridized carbons (Fsp3) is 0.125. The van der Waals surface area contributed by atoms with Gasteiger partial charge in [-0.25, -0.2) is 9.18 Å². The molecule has 0 radical (unpaired) electrons. The van der Waals surface area contributed by atoms with Gasteiger partial charge in [0.05, 0.1) is 16.4 Å². The number of alkyl halides is 1. The summed E-state index contributed by atoms with van der Waals surface area (Å²) >= 11 is 6.38. The van der Waals surface area contributed by atoms with Crippen molar-refractivity contribution in [1.29, 1.82) is 0 Å². The van der Waals surface area contributed by atoms with Gasteiger partial charge in [-0.2, -0.15) is 4.98 Å². The number of ether oxygens (including phenoxy) is 1. The van der Waals surface area contributed by atoms with Crippen LogP contribution < -0.4 is 10.5 Å². The number of aromatic amines is 1. The van der Waals surface area contributed by atoms with E-state index < -0.39 is 6.09 Å². The molecule has 0 spiro atoms. The largest absolute Gasteiger partial charge is 0.412 e. The zero-order chi connectivity index (χ0) is 16.4. The lowest BCUT2D eigenvalue weighted by atomic mass is 10.0. The summed E-state index contributed by atoms with van der Waals surface area (Å²) in [5, 5.41) is -0.280. The number of aromatic nitrogens is 2. The van der Waals surface area contributed by atoms with Gasteiger partial charge in [-0.1, -0.05) is 18.2 Å². The first-order valence-electron chi connectivity index (χ1n) is 6.87. The number of hydrogen-bond donors (Lipinski definition) is 2. The molecule has 1 atom stereocenters. The minimum atomic E-state index is -0.929. The zero-order valence-electron chi connectivity index (χ0n) is 11.9. The highest BCUT2D eigenvalue weighted by atomic mass is 35.5. The molecule has 3 aromatic rings. The van der Waals surface area contributed by atoms with Crippen molar-refractivity contribution in [2.24, 2.45) is 5.73 Å². The van der Waals surface area contributed by atoms with Gasteiger partial charge in [0.15, 0.2) is 0 Å². The van der Waals surface area contributed by atoms with Crippen molar-refractivity contribution in [3.05, 3.63) is 59.4 Å². The molecule has 0 saturated carbocycles. The molecule has 1 heterocycles. The molecule has 3 N–H and O–H groups in total. The highest BCUT2D eigenvalue weighted by Gasteiger charge is 2.11. The molecular formula is C16H13ClFN3O2. The van der Waals surface area contributed by atoms with Gasteiger partial charge >= 0.3 is 12.1 Å². The summed E-state index contributed by atoms with van der Waals surface area (Å²) < 4.78 is 17.7. The number of carbonyl (C=O) groups excluding carboxylic acids is 1. The van der Waals surface area contributed by atoms with Gasteiger partial charge in [0, 0.05) is 0 Å². The maximum Gasteiger partial charge on any atom is 0.412 e. The number of rotatable bonds is 4. The predicted molar refractivity (Wildman–Crippen MR) is 85.0 cm³/mol. The maximum atomic E-state index is 12.9. The fourth-order valence-electron chi connectivity index (χ4n) is 2.30. The molecule has 1 unspecified atom stereocenters. The molecule has 0 aliphatic heterocycles. The Hall–Kier alpha value is -2.60. The van der Waals surface area contributed by atoms with Gasteiger partial charge in [0.25, 0.3) is 0 Å². The summed E-state index contributed by atoms with van der Waals surface area (Å²) in [5.74, 6) is -0.293. The Labute approximate surface area is 136 Å². The Morgan fingerprint density at radius 2 is 2.04 bits per heavy atom. The summed E-state index contributed by atoms with van der Waals surface area (Å²) in [6, 6.07) is 11.7. The van der Waals surface area contributed by atoms with Crippen molar-refractivity contribution in [2.45, 2.75) is 11.8 Å². The number of halogens is 2. The van der Waals surface area contributed by atoms with Crippen LogP contribution in [0.4, 0.5) is 9.18 Å². The Morgan fingerprint density at radius 1 is 1.30 bits per heavy atom. The van der Waals surface area contributed by atoms with Crippen molar-refractivity contribution in [1.82, 2.24) is 9.97 Å². The van der Waals surface area contributed by atoms with Crippen LogP contribution in [0.1, 0.15) is 16.5 Å². The van der Waals surface area contributed by atoms with Gasteiger partial charge in [0.1, 0.15) is 5.82 Å². The van der Waals surface area contributed by atoms with Crippen LogP contribution in [-0.4, -0.2) is 16.1 Å². The zero-order valence-corrected chi connectivity index (χ0v) is 12.7. The van der Waals surface area contributed by atoms with E-state index in [1.165, 1.54) is 12.1 Å². The number of benzene rings is 2. The Kier molecular flexibility index (Phi) is 4.16. The van der Waals surface area contributed by atoms with Crippen LogP contribution in [0.2, 0.25) is 0 Å². The SMILES string of the molecule is NC(=O)Oc1nc2ccc(CC(Cl)c3ccc(F)cc3)cc2[nH]1. The molecule has 0 bridgehead atoms. The van der Waals surface area contributed by atoms with E-state index in [1.807, 2.05) is 12.1 Å². The average molecular weight is 334 g/mol. The fourth-order valence-corrected chi connectivity index (χ4v) is 2.62. The van der Waals surface area contributed by atoms with Gasteiger partial charge in [-0.05, 0) is 41.8 Å². The third kappa shape index (κ3) is 3.60. The second-order valence-corrected chi connectivity index (χ2v) is 5.56. The molecule has 0 aliphatic rings. The monoisotopic (exact) mass is 333 g/mol. The first kappa shape index (κ1) is 15.3. The normalized spacial score (nSPS) is 12.3. The first-order chi connectivity index (χ1) is 11.0. The number of fused-ring (bicyclic) bond motifs is 1. The number of hydrogen-bond acceptors (Lipinski definition) is 3. The standard InChI is InChI=1S/C16H13ClFN3O2/c17-12(10-2-4-11(18)5-3-10)7-9-1-6-13-14(8-9)21-16(20-13)23-15(19)22/h1-6,8,12H,7H2,(H2,19,22)(H,20,21). The molecule has 1 amide bonds. The van der Waals surface area contributed by atoms with Gasteiger partial charge in [0.2, 0.25) is 0 Å². The first-order valence-corrected chi connectivity index (χ1v) is 7.30. The number of imidazole rings is 1. The molecule has 7 heteroatoms. The number of nitrogens with zero attached hydrogens (tertiary/aromatic N) is 1. The Morgan fingerprint density at radius 3 is 2.74 bits per heavy atom. The highest BCUT2D eigenvalue weighted by Crippen LogP contribution is 2.27. The van der Waals surface area contributed by atoms with E-state index in [9.17, 15) is 9.18 Å². The number of nitrogens with two attached hydrogens (primary N) is 1. The Balaban J connectivity index is 1.79. The summed E-state index contributed by atoms with van der Waals surface area (Å²) in [6.45, 7) is 0.